The van der Waals surface area contributed by atoms with E-state index in [0.717, 1.165) is 6.42 Å². The van der Waals surface area contributed by atoms with E-state index in [0.29, 0.717) is 19.6 Å². The van der Waals surface area contributed by atoms with Gasteiger partial charge >= 0.3 is 6.09 Å². The molecule has 0 aromatic carbocycles. The van der Waals surface area contributed by atoms with Crippen LogP contribution in [0.5, 0.6) is 0 Å². The van der Waals surface area contributed by atoms with Gasteiger partial charge in [-0.2, -0.15) is 0 Å². The Morgan fingerprint density at radius 1 is 1.41 bits per heavy atom. The first kappa shape index (κ1) is 12.4. The Morgan fingerprint density at radius 2 is 2.12 bits per heavy atom. The second-order valence-electron chi connectivity index (χ2n) is 5.64. The van der Waals surface area contributed by atoms with Gasteiger partial charge in [-0.1, -0.05) is 0 Å². The molecule has 0 aromatic heterocycles. The number of nitrogens with zero attached hydrogens (tertiary/aromatic N) is 1. The van der Waals surface area contributed by atoms with Gasteiger partial charge < -0.3 is 9.47 Å². The minimum atomic E-state index is -0.638. The van der Waals surface area contributed by atoms with Gasteiger partial charge in [0.2, 0.25) is 0 Å². The highest BCUT2D eigenvalue weighted by Crippen LogP contribution is 2.38. The molecule has 2 heterocycles. The van der Waals surface area contributed by atoms with Crippen LogP contribution < -0.4 is 0 Å². The van der Waals surface area contributed by atoms with Crippen molar-refractivity contribution in [3.8, 4) is 0 Å². The molecule has 1 amide bonds. The van der Waals surface area contributed by atoms with E-state index in [1.54, 1.807) is 4.90 Å². The monoisotopic (exact) mass is 241 g/mol. The van der Waals surface area contributed by atoms with Crippen LogP contribution in [0.1, 0.15) is 33.6 Å². The molecule has 2 fully saturated rings. The molecule has 96 valence electrons. The summed E-state index contributed by atoms with van der Waals surface area (Å²) in [5, 5.41) is 0. The van der Waals surface area contributed by atoms with Crippen molar-refractivity contribution in [2.75, 3.05) is 19.8 Å². The largest absolute Gasteiger partial charge is 0.444 e. The Morgan fingerprint density at radius 3 is 2.59 bits per heavy atom. The van der Waals surface area contributed by atoms with Crippen molar-refractivity contribution < 1.29 is 19.1 Å². The van der Waals surface area contributed by atoms with E-state index >= 15 is 0 Å². The molecular weight excluding hydrogens is 222 g/mol. The van der Waals surface area contributed by atoms with Crippen LogP contribution in [-0.2, 0) is 14.3 Å². The normalized spacial score (nSPS) is 29.1. The Kier molecular flexibility index (Phi) is 2.89. The summed E-state index contributed by atoms with van der Waals surface area (Å²) >= 11 is 0. The first-order valence-corrected chi connectivity index (χ1v) is 5.97. The van der Waals surface area contributed by atoms with Gasteiger partial charge in [0.25, 0.3) is 0 Å². The van der Waals surface area contributed by atoms with Gasteiger partial charge in [0, 0.05) is 19.6 Å². The van der Waals surface area contributed by atoms with E-state index < -0.39 is 11.1 Å². The van der Waals surface area contributed by atoms with E-state index in [2.05, 4.69) is 0 Å². The summed E-state index contributed by atoms with van der Waals surface area (Å²) in [6, 6.07) is 0. The molecule has 2 saturated heterocycles. The maximum Gasteiger partial charge on any atom is 0.411 e. The number of Topliss-reactive ketones (excluding diaryl/α,β-unsaturated/α-hetero) is 1. The lowest BCUT2D eigenvalue weighted by atomic mass is 9.77. The smallest absolute Gasteiger partial charge is 0.411 e. The fourth-order valence-corrected chi connectivity index (χ4v) is 2.31. The summed E-state index contributed by atoms with van der Waals surface area (Å²) in [5.41, 5.74) is -1.16. The van der Waals surface area contributed by atoms with Crippen LogP contribution in [0.3, 0.4) is 0 Å². The fraction of sp³-hybridized carbons (Fsp3) is 0.833. The van der Waals surface area contributed by atoms with Crippen LogP contribution in [-0.4, -0.2) is 47.7 Å². The first-order chi connectivity index (χ1) is 7.85. The SMILES string of the molecule is CC(C)(C)OC(=O)N1CCC12CCOCC2=O. The molecule has 0 bridgehead atoms. The van der Waals surface area contributed by atoms with E-state index in [4.69, 9.17) is 9.47 Å². The predicted octanol–water partition coefficient (Wildman–Crippen LogP) is 1.36. The lowest BCUT2D eigenvalue weighted by molar-refractivity contribution is -0.154. The molecule has 5 nitrogen and oxygen atoms in total. The standard InChI is InChI=1S/C12H19NO4/c1-11(2,3)17-10(15)13-6-4-12(13)5-7-16-8-9(12)14/h4-8H2,1-3H3. The van der Waals surface area contributed by atoms with Gasteiger partial charge in [0.15, 0.2) is 5.78 Å². The van der Waals surface area contributed by atoms with Gasteiger partial charge in [-0.3, -0.25) is 9.69 Å². The third-order valence-corrected chi connectivity index (χ3v) is 3.29. The molecule has 2 rings (SSSR count). The third-order valence-electron chi connectivity index (χ3n) is 3.29. The number of ether oxygens (including phenoxy) is 2. The molecule has 5 heteroatoms. The topological polar surface area (TPSA) is 55.8 Å². The highest BCUT2D eigenvalue weighted by Gasteiger charge is 2.55. The zero-order chi connectivity index (χ0) is 12.7. The number of rotatable bonds is 0. The van der Waals surface area contributed by atoms with E-state index in [-0.39, 0.29) is 18.5 Å². The van der Waals surface area contributed by atoms with E-state index in [1.165, 1.54) is 0 Å². The molecule has 1 unspecified atom stereocenters. The molecule has 2 aliphatic heterocycles. The summed E-state index contributed by atoms with van der Waals surface area (Å²) in [7, 11) is 0. The number of carbonyl (C=O) groups excluding carboxylic acids is 2. The molecule has 0 saturated carbocycles. The van der Waals surface area contributed by atoms with Crippen molar-refractivity contribution in [2.24, 2.45) is 0 Å². The number of carbonyl (C=O) groups is 2. The third kappa shape index (κ3) is 2.16. The Labute approximate surface area is 101 Å². The Bertz CT molecular complexity index is 347. The van der Waals surface area contributed by atoms with Gasteiger partial charge in [-0.25, -0.2) is 4.79 Å². The van der Waals surface area contributed by atoms with Crippen LogP contribution in [0, 0.1) is 0 Å². The van der Waals surface area contributed by atoms with Gasteiger partial charge in [-0.05, 0) is 27.2 Å². The lowest BCUT2D eigenvalue weighted by Gasteiger charge is -2.52. The van der Waals surface area contributed by atoms with Crippen molar-refractivity contribution >= 4 is 11.9 Å². The molecule has 1 spiro atoms. The quantitative estimate of drug-likeness (QED) is 0.642. The first-order valence-electron chi connectivity index (χ1n) is 5.97. The van der Waals surface area contributed by atoms with Gasteiger partial charge in [0.1, 0.15) is 17.7 Å². The summed E-state index contributed by atoms with van der Waals surface area (Å²) < 4.78 is 10.4. The van der Waals surface area contributed by atoms with Crippen LogP contribution in [0.25, 0.3) is 0 Å². The molecule has 0 N–H and O–H groups in total. The van der Waals surface area contributed by atoms with Crippen LogP contribution in [0.2, 0.25) is 0 Å². The van der Waals surface area contributed by atoms with Gasteiger partial charge in [0.05, 0.1) is 0 Å². The predicted molar refractivity (Wildman–Crippen MR) is 60.7 cm³/mol. The second-order valence-corrected chi connectivity index (χ2v) is 5.64. The molecule has 0 aliphatic carbocycles. The molecule has 1 atom stereocenters. The average molecular weight is 241 g/mol. The summed E-state index contributed by atoms with van der Waals surface area (Å²) in [6.07, 6.45) is 0.929. The Hall–Kier alpha value is -1.10. The van der Waals surface area contributed by atoms with Crippen molar-refractivity contribution in [1.29, 1.82) is 0 Å². The average Bonchev–Trinajstić information content (AvgIpc) is 2.13. The number of ketones is 1. The minimum Gasteiger partial charge on any atom is -0.444 e. The van der Waals surface area contributed by atoms with E-state index in [9.17, 15) is 9.59 Å². The lowest BCUT2D eigenvalue weighted by Crippen LogP contribution is -2.69. The maximum absolute atomic E-state index is 12.0. The highest BCUT2D eigenvalue weighted by molar-refractivity contribution is 5.94. The summed E-state index contributed by atoms with van der Waals surface area (Å²) in [6.45, 7) is 6.71. The van der Waals surface area contributed by atoms with Crippen LogP contribution >= 0.6 is 0 Å². The number of likely N-dealkylation sites (tertiary alicyclic amines) is 1. The summed E-state index contributed by atoms with van der Waals surface area (Å²) in [5.74, 6) is 0.000796. The van der Waals surface area contributed by atoms with Gasteiger partial charge in [-0.15, -0.1) is 0 Å². The van der Waals surface area contributed by atoms with Crippen molar-refractivity contribution in [2.45, 2.75) is 44.8 Å². The molecule has 0 aromatic rings. The molecule has 0 radical (unpaired) electrons. The Balaban J connectivity index is 2.07. The number of hydrogen-bond donors (Lipinski definition) is 0. The van der Waals surface area contributed by atoms with Crippen molar-refractivity contribution in [3.63, 3.8) is 0 Å². The maximum atomic E-state index is 12.0. The number of amides is 1. The zero-order valence-electron chi connectivity index (χ0n) is 10.6. The zero-order valence-corrected chi connectivity index (χ0v) is 10.6. The fourth-order valence-electron chi connectivity index (χ4n) is 2.31. The van der Waals surface area contributed by atoms with Crippen molar-refractivity contribution in [3.05, 3.63) is 0 Å². The van der Waals surface area contributed by atoms with Crippen LogP contribution in [0.4, 0.5) is 4.79 Å². The molecule has 2 aliphatic rings. The van der Waals surface area contributed by atoms with Crippen LogP contribution in [0.15, 0.2) is 0 Å². The number of hydrogen-bond acceptors (Lipinski definition) is 4. The summed E-state index contributed by atoms with van der Waals surface area (Å²) in [4.78, 5) is 25.4. The minimum absolute atomic E-state index is 0.000796. The van der Waals surface area contributed by atoms with E-state index in [1.807, 2.05) is 20.8 Å². The van der Waals surface area contributed by atoms with Crippen molar-refractivity contribution in [1.82, 2.24) is 4.90 Å². The highest BCUT2D eigenvalue weighted by atomic mass is 16.6. The second kappa shape index (κ2) is 3.98. The molecular formula is C12H19NO4. The molecule has 17 heavy (non-hydrogen) atoms.